The number of thiazole rings is 1. The van der Waals surface area contributed by atoms with Gasteiger partial charge in [-0.2, -0.15) is 0 Å². The SMILES string of the molecule is CNC(=O)c1ccc(-c2cn3c(n2)sc2cc(C(=O)N[C@@H]4[C@@H](C)N5C[C@H]45)ccc23)cc1. The number of imidazole rings is 1. The van der Waals surface area contributed by atoms with Gasteiger partial charge < -0.3 is 10.6 Å². The summed E-state index contributed by atoms with van der Waals surface area (Å²) in [6, 6.07) is 14.5. The van der Waals surface area contributed by atoms with Gasteiger partial charge in [-0.05, 0) is 37.3 Å². The summed E-state index contributed by atoms with van der Waals surface area (Å²) in [7, 11) is 1.62. The Morgan fingerprint density at radius 2 is 1.87 bits per heavy atom. The molecule has 31 heavy (non-hydrogen) atoms. The number of carbonyl (C=O) groups is 2. The van der Waals surface area contributed by atoms with Gasteiger partial charge in [0.05, 0.1) is 22.0 Å². The molecule has 8 heteroatoms. The molecular weight excluding hydrogens is 410 g/mol. The summed E-state index contributed by atoms with van der Waals surface area (Å²) in [5, 5.41) is 5.81. The van der Waals surface area contributed by atoms with E-state index in [2.05, 4.69) is 26.9 Å². The van der Waals surface area contributed by atoms with E-state index in [1.807, 2.05) is 36.5 Å². The van der Waals surface area contributed by atoms with Crippen LogP contribution in [0.4, 0.5) is 0 Å². The normalized spacial score (nSPS) is 23.9. The molecule has 0 radical (unpaired) electrons. The fourth-order valence-electron chi connectivity index (χ4n) is 4.55. The number of carbonyl (C=O) groups excluding carboxylic acids is 2. The van der Waals surface area contributed by atoms with Crippen molar-refractivity contribution in [1.82, 2.24) is 24.9 Å². The van der Waals surface area contributed by atoms with Gasteiger partial charge in [-0.1, -0.05) is 23.5 Å². The first-order valence-electron chi connectivity index (χ1n) is 10.3. The molecule has 6 rings (SSSR count). The predicted molar refractivity (Wildman–Crippen MR) is 121 cm³/mol. The van der Waals surface area contributed by atoms with Gasteiger partial charge in [-0.3, -0.25) is 18.9 Å². The number of hydrogen-bond acceptors (Lipinski definition) is 5. The number of aromatic nitrogens is 2. The molecule has 2 aliphatic heterocycles. The van der Waals surface area contributed by atoms with Crippen molar-refractivity contribution in [3.63, 3.8) is 0 Å². The first kappa shape index (κ1) is 18.5. The smallest absolute Gasteiger partial charge is 0.251 e. The monoisotopic (exact) mass is 431 g/mol. The Hall–Kier alpha value is -3.23. The lowest BCUT2D eigenvalue weighted by atomic mass is 10.00. The molecule has 0 spiro atoms. The van der Waals surface area contributed by atoms with Crippen LogP contribution in [0.5, 0.6) is 0 Å². The summed E-state index contributed by atoms with van der Waals surface area (Å²) in [5.74, 6) is -0.113. The Bertz CT molecular complexity index is 1360. The number of amides is 2. The maximum absolute atomic E-state index is 12.7. The van der Waals surface area contributed by atoms with Crippen molar-refractivity contribution >= 4 is 38.3 Å². The molecule has 4 aromatic rings. The standard InChI is InChI=1S/C23H21N5O2S/c1-12-20(18-11-27(12)18)26-22(30)15-7-8-17-19(9-15)31-23-25-16(10-28(17)23)13-3-5-14(6-4-13)21(29)24-2/h3-10,12,18,20H,11H2,1-2H3,(H,24,29)(H,26,30)/t12-,18-,20-,27?/m1/s1. The second-order valence-corrected chi connectivity index (χ2v) is 9.23. The van der Waals surface area contributed by atoms with Crippen molar-refractivity contribution < 1.29 is 9.59 Å². The molecule has 2 saturated heterocycles. The molecular formula is C23H21N5O2S. The highest BCUT2D eigenvalue weighted by atomic mass is 32.1. The van der Waals surface area contributed by atoms with Crippen LogP contribution in [0.15, 0.2) is 48.7 Å². The zero-order valence-electron chi connectivity index (χ0n) is 17.1. The average Bonchev–Trinajstić information content (AvgIpc) is 3.26. The average molecular weight is 432 g/mol. The molecule has 2 aromatic heterocycles. The minimum absolute atomic E-state index is 0.00626. The van der Waals surface area contributed by atoms with E-state index in [-0.39, 0.29) is 17.9 Å². The summed E-state index contributed by atoms with van der Waals surface area (Å²) >= 11 is 1.57. The van der Waals surface area contributed by atoms with Gasteiger partial charge in [0.25, 0.3) is 11.8 Å². The van der Waals surface area contributed by atoms with Crippen LogP contribution in [0, 0.1) is 0 Å². The third-order valence-corrected chi connectivity index (χ3v) is 7.49. The molecule has 4 atom stereocenters. The van der Waals surface area contributed by atoms with E-state index < -0.39 is 0 Å². The Balaban J connectivity index is 1.27. The van der Waals surface area contributed by atoms with Crippen LogP contribution in [0.3, 0.4) is 0 Å². The van der Waals surface area contributed by atoms with Crippen LogP contribution in [0.1, 0.15) is 27.6 Å². The summed E-state index contributed by atoms with van der Waals surface area (Å²) in [4.78, 5) is 32.5. The third kappa shape index (κ3) is 2.86. The van der Waals surface area contributed by atoms with Gasteiger partial charge in [0.2, 0.25) is 0 Å². The molecule has 0 aliphatic carbocycles. The maximum Gasteiger partial charge on any atom is 0.251 e. The minimum atomic E-state index is -0.107. The Kier molecular flexibility index (Phi) is 3.97. The zero-order chi connectivity index (χ0) is 21.3. The Morgan fingerprint density at radius 3 is 2.58 bits per heavy atom. The molecule has 4 heterocycles. The first-order chi connectivity index (χ1) is 15.0. The fraction of sp³-hybridized carbons (Fsp3) is 0.261. The van der Waals surface area contributed by atoms with Crippen molar-refractivity contribution in [2.24, 2.45) is 0 Å². The topological polar surface area (TPSA) is 78.5 Å². The lowest BCUT2D eigenvalue weighted by molar-refractivity contribution is 0.0871. The van der Waals surface area contributed by atoms with Gasteiger partial charge in [-0.15, -0.1) is 0 Å². The maximum atomic E-state index is 12.7. The molecule has 2 aliphatic rings. The molecule has 2 N–H and O–H groups in total. The van der Waals surface area contributed by atoms with E-state index in [1.165, 1.54) is 0 Å². The van der Waals surface area contributed by atoms with Crippen LogP contribution in [-0.2, 0) is 0 Å². The van der Waals surface area contributed by atoms with E-state index in [0.717, 1.165) is 33.0 Å². The van der Waals surface area contributed by atoms with Crippen LogP contribution in [0.2, 0.25) is 0 Å². The van der Waals surface area contributed by atoms with Gasteiger partial charge in [-0.25, -0.2) is 4.98 Å². The number of fused-ring (bicyclic) bond motifs is 4. The Morgan fingerprint density at radius 1 is 1.10 bits per heavy atom. The zero-order valence-corrected chi connectivity index (χ0v) is 17.9. The highest BCUT2D eigenvalue weighted by molar-refractivity contribution is 7.23. The van der Waals surface area contributed by atoms with Crippen LogP contribution >= 0.6 is 11.3 Å². The van der Waals surface area contributed by atoms with E-state index in [9.17, 15) is 9.59 Å². The summed E-state index contributed by atoms with van der Waals surface area (Å²) in [6.07, 6.45) is 2.00. The molecule has 2 fully saturated rings. The van der Waals surface area contributed by atoms with Gasteiger partial charge in [0, 0.05) is 48.6 Å². The number of rotatable bonds is 4. The van der Waals surface area contributed by atoms with Crippen molar-refractivity contribution in [3.8, 4) is 11.3 Å². The summed E-state index contributed by atoms with van der Waals surface area (Å²) in [6.45, 7) is 3.26. The van der Waals surface area contributed by atoms with E-state index in [0.29, 0.717) is 23.2 Å². The molecule has 1 unspecified atom stereocenters. The third-order valence-electron chi connectivity index (χ3n) is 6.47. The Labute approximate surface area is 182 Å². The molecule has 2 aromatic carbocycles. The largest absolute Gasteiger partial charge is 0.355 e. The number of benzene rings is 2. The lowest BCUT2D eigenvalue weighted by Crippen LogP contribution is -2.57. The molecule has 2 amide bonds. The highest BCUT2D eigenvalue weighted by Gasteiger charge is 2.57. The first-order valence-corrected chi connectivity index (χ1v) is 11.2. The van der Waals surface area contributed by atoms with Crippen LogP contribution < -0.4 is 10.6 Å². The van der Waals surface area contributed by atoms with E-state index in [1.54, 1.807) is 30.5 Å². The van der Waals surface area contributed by atoms with Crippen molar-refractivity contribution in [3.05, 3.63) is 59.8 Å². The van der Waals surface area contributed by atoms with E-state index in [4.69, 9.17) is 4.98 Å². The fourth-order valence-corrected chi connectivity index (χ4v) is 5.60. The van der Waals surface area contributed by atoms with Crippen molar-refractivity contribution in [2.75, 3.05) is 13.6 Å². The van der Waals surface area contributed by atoms with Crippen LogP contribution in [0.25, 0.3) is 26.4 Å². The predicted octanol–water partition coefficient (Wildman–Crippen LogP) is 2.76. The number of hydrogen-bond donors (Lipinski definition) is 2. The lowest BCUT2D eigenvalue weighted by Gasteiger charge is -2.35. The molecule has 7 nitrogen and oxygen atoms in total. The van der Waals surface area contributed by atoms with Crippen molar-refractivity contribution in [2.45, 2.75) is 25.0 Å². The van der Waals surface area contributed by atoms with Gasteiger partial charge in [0.15, 0.2) is 4.96 Å². The molecule has 0 bridgehead atoms. The number of nitrogens with one attached hydrogen (secondary N) is 2. The molecule has 0 saturated carbocycles. The second kappa shape index (κ2) is 6.63. The second-order valence-electron chi connectivity index (χ2n) is 8.22. The number of nitrogens with zero attached hydrogens (tertiary/aromatic N) is 3. The van der Waals surface area contributed by atoms with Crippen molar-refractivity contribution in [1.29, 1.82) is 0 Å². The minimum Gasteiger partial charge on any atom is -0.355 e. The summed E-state index contributed by atoms with van der Waals surface area (Å²) in [5.41, 5.74) is 4.15. The molecule has 156 valence electrons. The van der Waals surface area contributed by atoms with Crippen LogP contribution in [-0.4, -0.2) is 57.8 Å². The van der Waals surface area contributed by atoms with E-state index >= 15 is 0 Å². The highest BCUT2D eigenvalue weighted by Crippen LogP contribution is 2.38. The van der Waals surface area contributed by atoms with Gasteiger partial charge in [0.1, 0.15) is 0 Å². The summed E-state index contributed by atoms with van der Waals surface area (Å²) < 4.78 is 3.09. The quantitative estimate of drug-likeness (QED) is 0.487. The van der Waals surface area contributed by atoms with Gasteiger partial charge >= 0.3 is 0 Å².